The van der Waals surface area contributed by atoms with Gasteiger partial charge in [-0.25, -0.2) is 0 Å². The highest BCUT2D eigenvalue weighted by molar-refractivity contribution is 5.76. The lowest BCUT2D eigenvalue weighted by Gasteiger charge is -2.38. The minimum absolute atomic E-state index is 0.0279. The molecule has 8 nitrogen and oxygen atoms in total. The van der Waals surface area contributed by atoms with Crippen molar-refractivity contribution >= 4 is 11.9 Å². The lowest BCUT2D eigenvalue weighted by molar-refractivity contribution is -0.154. The minimum atomic E-state index is -0.722. The summed E-state index contributed by atoms with van der Waals surface area (Å²) in [6.45, 7) is 3.24. The molecule has 3 heterocycles. The van der Waals surface area contributed by atoms with Crippen LogP contribution in [0.15, 0.2) is 30.6 Å². The lowest BCUT2D eigenvalue weighted by atomic mass is 9.74. The molecule has 0 aliphatic carbocycles. The van der Waals surface area contributed by atoms with Crippen LogP contribution in [0.1, 0.15) is 51.9 Å². The first-order valence-corrected chi connectivity index (χ1v) is 10.6. The van der Waals surface area contributed by atoms with E-state index in [1.165, 1.54) is 0 Å². The van der Waals surface area contributed by atoms with Gasteiger partial charge in [0.1, 0.15) is 5.75 Å². The van der Waals surface area contributed by atoms with E-state index < -0.39 is 11.4 Å². The van der Waals surface area contributed by atoms with Gasteiger partial charge in [-0.2, -0.15) is 5.10 Å². The predicted molar refractivity (Wildman–Crippen MR) is 112 cm³/mol. The standard InChI is InChI=1S/C22H30N4O4/c1-17(27)26-13-10-22(11-14-26,21(28)29)9-4-2-3-5-15-30-18-6-7-19(23-16-18)20-8-12-24-25-20/h6-8,12,16H,2-5,9-11,13-15H2,1H3,(H,24,25)(H,28,29). The Balaban J connectivity index is 1.32. The molecule has 0 bridgehead atoms. The van der Waals surface area contributed by atoms with Crippen molar-refractivity contribution in [2.24, 2.45) is 5.41 Å². The van der Waals surface area contributed by atoms with E-state index in [9.17, 15) is 14.7 Å². The average molecular weight is 415 g/mol. The number of unbranched alkanes of at least 4 members (excludes halogenated alkanes) is 3. The fraction of sp³-hybridized carbons (Fsp3) is 0.545. The molecule has 0 radical (unpaired) electrons. The van der Waals surface area contributed by atoms with Gasteiger partial charge in [-0.3, -0.25) is 19.7 Å². The van der Waals surface area contributed by atoms with E-state index >= 15 is 0 Å². The summed E-state index contributed by atoms with van der Waals surface area (Å²) in [7, 11) is 0. The first kappa shape index (κ1) is 21.8. The molecule has 0 atom stereocenters. The summed E-state index contributed by atoms with van der Waals surface area (Å²) in [6.07, 6.45) is 8.94. The van der Waals surface area contributed by atoms with Crippen LogP contribution in [0.4, 0.5) is 0 Å². The Morgan fingerprint density at radius 3 is 2.53 bits per heavy atom. The van der Waals surface area contributed by atoms with Crippen molar-refractivity contribution in [1.29, 1.82) is 0 Å². The molecule has 2 aromatic rings. The molecule has 1 fully saturated rings. The second-order valence-corrected chi connectivity index (χ2v) is 7.95. The number of carboxylic acids is 1. The van der Waals surface area contributed by atoms with Crippen LogP contribution in [0.2, 0.25) is 0 Å². The van der Waals surface area contributed by atoms with Gasteiger partial charge in [0.05, 0.1) is 29.6 Å². The number of hydrogen-bond acceptors (Lipinski definition) is 5. The highest BCUT2D eigenvalue weighted by Gasteiger charge is 2.41. The number of amides is 1. The average Bonchev–Trinajstić information content (AvgIpc) is 3.28. The second-order valence-electron chi connectivity index (χ2n) is 7.95. The van der Waals surface area contributed by atoms with Gasteiger partial charge in [0.2, 0.25) is 5.91 Å². The number of nitrogens with zero attached hydrogens (tertiary/aromatic N) is 3. The second kappa shape index (κ2) is 10.2. The van der Waals surface area contributed by atoms with Crippen molar-refractivity contribution in [2.75, 3.05) is 19.7 Å². The molecule has 1 aliphatic rings. The third kappa shape index (κ3) is 5.58. The van der Waals surface area contributed by atoms with Crippen molar-refractivity contribution in [3.63, 3.8) is 0 Å². The summed E-state index contributed by atoms with van der Waals surface area (Å²) in [4.78, 5) is 29.4. The first-order chi connectivity index (χ1) is 14.5. The maximum atomic E-state index is 11.8. The number of pyridine rings is 1. The van der Waals surface area contributed by atoms with E-state index in [4.69, 9.17) is 4.74 Å². The number of hydrogen-bond donors (Lipinski definition) is 2. The predicted octanol–water partition coefficient (Wildman–Crippen LogP) is 3.51. The zero-order valence-electron chi connectivity index (χ0n) is 17.5. The zero-order chi connectivity index (χ0) is 21.4. The Kier molecular flexibility index (Phi) is 7.43. The first-order valence-electron chi connectivity index (χ1n) is 10.6. The van der Waals surface area contributed by atoms with E-state index in [2.05, 4.69) is 15.2 Å². The molecule has 0 aromatic carbocycles. The van der Waals surface area contributed by atoms with Crippen LogP contribution in [0, 0.1) is 5.41 Å². The number of nitrogens with one attached hydrogen (secondary N) is 1. The van der Waals surface area contributed by atoms with Gasteiger partial charge in [-0.05, 0) is 43.9 Å². The number of carbonyl (C=O) groups is 2. The fourth-order valence-corrected chi connectivity index (χ4v) is 3.95. The van der Waals surface area contributed by atoms with Crippen molar-refractivity contribution in [1.82, 2.24) is 20.1 Å². The smallest absolute Gasteiger partial charge is 0.309 e. The third-order valence-corrected chi connectivity index (χ3v) is 5.95. The van der Waals surface area contributed by atoms with Gasteiger partial charge < -0.3 is 14.7 Å². The van der Waals surface area contributed by atoms with Crippen LogP contribution in [0.25, 0.3) is 11.4 Å². The molecular weight excluding hydrogens is 384 g/mol. The van der Waals surface area contributed by atoms with Crippen LogP contribution >= 0.6 is 0 Å². The van der Waals surface area contributed by atoms with E-state index in [0.29, 0.717) is 39.0 Å². The van der Waals surface area contributed by atoms with Gasteiger partial charge in [0.15, 0.2) is 0 Å². The highest BCUT2D eigenvalue weighted by Crippen LogP contribution is 2.37. The summed E-state index contributed by atoms with van der Waals surface area (Å²) < 4.78 is 5.75. The quantitative estimate of drug-likeness (QED) is 0.576. The summed E-state index contributed by atoms with van der Waals surface area (Å²) in [5.74, 6) is 0.0422. The van der Waals surface area contributed by atoms with Gasteiger partial charge in [0, 0.05) is 26.2 Å². The molecule has 8 heteroatoms. The summed E-state index contributed by atoms with van der Waals surface area (Å²) in [5, 5.41) is 16.5. The largest absolute Gasteiger partial charge is 0.492 e. The molecule has 30 heavy (non-hydrogen) atoms. The number of aromatic amines is 1. The highest BCUT2D eigenvalue weighted by atomic mass is 16.5. The molecule has 0 unspecified atom stereocenters. The van der Waals surface area contributed by atoms with Crippen LogP contribution < -0.4 is 4.74 Å². The Hall–Kier alpha value is -2.90. The molecule has 3 rings (SSSR count). The molecule has 0 spiro atoms. The number of aromatic nitrogens is 3. The molecule has 2 aromatic heterocycles. The van der Waals surface area contributed by atoms with E-state index in [1.54, 1.807) is 24.2 Å². The number of piperidine rings is 1. The maximum Gasteiger partial charge on any atom is 0.309 e. The topological polar surface area (TPSA) is 108 Å². The van der Waals surface area contributed by atoms with Crippen LogP contribution in [-0.2, 0) is 9.59 Å². The van der Waals surface area contributed by atoms with E-state index in [0.717, 1.165) is 42.8 Å². The van der Waals surface area contributed by atoms with Gasteiger partial charge in [0.25, 0.3) is 0 Å². The number of ether oxygens (including phenoxy) is 1. The molecular formula is C22H30N4O4. The normalized spacial score (nSPS) is 15.7. The molecule has 1 amide bonds. The molecule has 1 aliphatic heterocycles. The van der Waals surface area contributed by atoms with Gasteiger partial charge in [-0.15, -0.1) is 0 Å². The third-order valence-electron chi connectivity index (χ3n) is 5.95. The van der Waals surface area contributed by atoms with Gasteiger partial charge in [-0.1, -0.05) is 19.3 Å². The zero-order valence-corrected chi connectivity index (χ0v) is 17.5. The van der Waals surface area contributed by atoms with Crippen LogP contribution in [-0.4, -0.2) is 56.8 Å². The Morgan fingerprint density at radius 1 is 1.17 bits per heavy atom. The maximum absolute atomic E-state index is 11.8. The monoisotopic (exact) mass is 414 g/mol. The minimum Gasteiger partial charge on any atom is -0.492 e. The van der Waals surface area contributed by atoms with Crippen molar-refractivity contribution in [3.05, 3.63) is 30.6 Å². The molecule has 2 N–H and O–H groups in total. The van der Waals surface area contributed by atoms with Crippen molar-refractivity contribution in [3.8, 4) is 17.1 Å². The number of H-pyrrole nitrogens is 1. The van der Waals surface area contributed by atoms with Gasteiger partial charge >= 0.3 is 5.97 Å². The van der Waals surface area contributed by atoms with E-state index in [1.807, 2.05) is 18.2 Å². The fourth-order valence-electron chi connectivity index (χ4n) is 3.95. The lowest BCUT2D eigenvalue weighted by Crippen LogP contribution is -2.45. The Bertz CT molecular complexity index is 812. The summed E-state index contributed by atoms with van der Waals surface area (Å²) >= 11 is 0. The van der Waals surface area contributed by atoms with Crippen LogP contribution in [0.3, 0.4) is 0 Å². The number of rotatable bonds is 10. The Labute approximate surface area is 176 Å². The van der Waals surface area contributed by atoms with E-state index in [-0.39, 0.29) is 5.91 Å². The Morgan fingerprint density at radius 2 is 1.93 bits per heavy atom. The number of aliphatic carboxylic acids is 1. The summed E-state index contributed by atoms with van der Waals surface area (Å²) in [6, 6.07) is 5.66. The number of likely N-dealkylation sites (tertiary alicyclic amines) is 1. The summed E-state index contributed by atoms with van der Waals surface area (Å²) in [5.41, 5.74) is 1.01. The number of carbonyl (C=O) groups excluding carboxylic acids is 1. The SMILES string of the molecule is CC(=O)N1CCC(CCCCCCOc2ccc(-c3ccn[nH]3)nc2)(C(=O)O)CC1. The van der Waals surface area contributed by atoms with Crippen molar-refractivity contribution < 1.29 is 19.4 Å². The number of carboxylic acid groups (broad SMARTS) is 1. The molecule has 0 saturated carbocycles. The molecule has 162 valence electrons. The molecule has 1 saturated heterocycles. The van der Waals surface area contributed by atoms with Crippen molar-refractivity contribution in [2.45, 2.75) is 51.9 Å². The van der Waals surface area contributed by atoms with Crippen LogP contribution in [0.5, 0.6) is 5.75 Å².